The van der Waals surface area contributed by atoms with E-state index in [9.17, 15) is 9.59 Å². The minimum absolute atomic E-state index is 0.127. The molecule has 0 radical (unpaired) electrons. The number of nitrogens with zero attached hydrogens (tertiary/aromatic N) is 3. The van der Waals surface area contributed by atoms with E-state index < -0.39 is 0 Å². The van der Waals surface area contributed by atoms with Crippen LogP contribution in [0.3, 0.4) is 0 Å². The van der Waals surface area contributed by atoms with Gasteiger partial charge in [-0.3, -0.25) is 14.2 Å². The lowest BCUT2D eigenvalue weighted by Gasteiger charge is -2.23. The molecule has 0 fully saturated rings. The second-order valence-corrected chi connectivity index (χ2v) is 5.38. The van der Waals surface area contributed by atoms with Crippen LogP contribution in [-0.2, 0) is 11.3 Å². The van der Waals surface area contributed by atoms with Crippen molar-refractivity contribution in [2.75, 3.05) is 11.1 Å². The Morgan fingerprint density at radius 3 is 3.00 bits per heavy atom. The van der Waals surface area contributed by atoms with Crippen LogP contribution in [0.25, 0.3) is 0 Å². The fourth-order valence-corrected chi connectivity index (χ4v) is 3.04. The molecule has 0 spiro atoms. The van der Waals surface area contributed by atoms with Crippen LogP contribution in [0.5, 0.6) is 0 Å². The fraction of sp³-hybridized carbons (Fsp3) is 0.231. The summed E-state index contributed by atoms with van der Waals surface area (Å²) in [5, 5.41) is 3.43. The number of rotatable bonds is 2. The number of amides is 1. The average molecular weight is 288 g/mol. The number of hydrogen-bond donors (Lipinski definition) is 1. The summed E-state index contributed by atoms with van der Waals surface area (Å²) >= 11 is 1.42. The van der Waals surface area contributed by atoms with Crippen molar-refractivity contribution in [3.8, 4) is 0 Å². The number of pyridine rings is 1. The number of aromatic nitrogens is 3. The van der Waals surface area contributed by atoms with Gasteiger partial charge in [-0.1, -0.05) is 17.8 Å². The lowest BCUT2D eigenvalue weighted by Crippen LogP contribution is -2.36. The predicted octanol–water partition coefficient (Wildman–Crippen LogP) is 0.999. The largest absolute Gasteiger partial charge is 0.310 e. The van der Waals surface area contributed by atoms with Crippen molar-refractivity contribution in [3.05, 3.63) is 47.0 Å². The molecular weight excluding hydrogens is 276 g/mol. The van der Waals surface area contributed by atoms with Gasteiger partial charge in [-0.15, -0.1) is 0 Å². The van der Waals surface area contributed by atoms with Gasteiger partial charge in [0.25, 0.3) is 5.56 Å². The number of fused-ring (bicyclic) bond motifs is 1. The van der Waals surface area contributed by atoms with Crippen molar-refractivity contribution < 1.29 is 4.79 Å². The number of carbonyl (C=O) groups excluding carboxylic acids is 1. The van der Waals surface area contributed by atoms with E-state index in [1.54, 1.807) is 18.3 Å². The summed E-state index contributed by atoms with van der Waals surface area (Å²) in [4.78, 5) is 32.1. The normalized spacial score (nSPS) is 17.3. The number of anilines is 1. The van der Waals surface area contributed by atoms with Crippen molar-refractivity contribution in [1.82, 2.24) is 14.5 Å². The van der Waals surface area contributed by atoms with Gasteiger partial charge in [0.2, 0.25) is 5.91 Å². The van der Waals surface area contributed by atoms with E-state index in [2.05, 4.69) is 15.3 Å². The highest BCUT2D eigenvalue weighted by Gasteiger charge is 2.26. The summed E-state index contributed by atoms with van der Waals surface area (Å²) in [6.45, 7) is 0.355. The molecule has 0 aromatic carbocycles. The lowest BCUT2D eigenvalue weighted by molar-refractivity contribution is -0.119. The molecule has 102 valence electrons. The van der Waals surface area contributed by atoms with Crippen molar-refractivity contribution >= 4 is 23.5 Å². The molecule has 20 heavy (non-hydrogen) atoms. The van der Waals surface area contributed by atoms with Gasteiger partial charge in [0.05, 0.1) is 5.92 Å². The topological polar surface area (TPSA) is 76.9 Å². The van der Waals surface area contributed by atoms with Crippen LogP contribution in [0, 0.1) is 5.92 Å². The maximum absolute atomic E-state index is 12.2. The summed E-state index contributed by atoms with van der Waals surface area (Å²) in [5.74, 6) is 0.732. The van der Waals surface area contributed by atoms with Crippen molar-refractivity contribution in [2.24, 2.45) is 5.92 Å². The second kappa shape index (κ2) is 5.46. The molecule has 0 bridgehead atoms. The number of thioether (sulfide) groups is 1. The second-order valence-electron chi connectivity index (χ2n) is 4.39. The monoisotopic (exact) mass is 288 g/mol. The molecule has 0 aliphatic carbocycles. The first-order valence-electron chi connectivity index (χ1n) is 6.14. The highest BCUT2D eigenvalue weighted by atomic mass is 32.2. The van der Waals surface area contributed by atoms with E-state index in [1.807, 2.05) is 6.07 Å². The SMILES string of the molecule is O=C(Nc1ccccn1)C1CSc2nccc(=O)n2C1. The van der Waals surface area contributed by atoms with Crippen LogP contribution in [0.1, 0.15) is 0 Å². The summed E-state index contributed by atoms with van der Waals surface area (Å²) < 4.78 is 1.54. The first-order valence-corrected chi connectivity index (χ1v) is 7.13. The zero-order valence-electron chi connectivity index (χ0n) is 10.5. The summed E-state index contributed by atoms with van der Waals surface area (Å²) in [6.07, 6.45) is 3.12. The number of nitrogens with one attached hydrogen (secondary N) is 1. The summed E-state index contributed by atoms with van der Waals surface area (Å²) in [7, 11) is 0. The van der Waals surface area contributed by atoms with E-state index in [0.717, 1.165) is 0 Å². The molecule has 0 saturated heterocycles. The first-order chi connectivity index (χ1) is 9.74. The third kappa shape index (κ3) is 2.57. The van der Waals surface area contributed by atoms with Crippen LogP contribution in [0.2, 0.25) is 0 Å². The molecule has 7 heteroatoms. The van der Waals surface area contributed by atoms with Gasteiger partial charge >= 0.3 is 0 Å². The summed E-state index contributed by atoms with van der Waals surface area (Å²) in [6, 6.07) is 6.73. The number of carbonyl (C=O) groups is 1. The third-order valence-corrected chi connectivity index (χ3v) is 4.16. The number of hydrogen-bond acceptors (Lipinski definition) is 5. The zero-order chi connectivity index (χ0) is 13.9. The maximum Gasteiger partial charge on any atom is 0.254 e. The Bertz CT molecular complexity index is 686. The van der Waals surface area contributed by atoms with E-state index >= 15 is 0 Å². The molecule has 0 saturated carbocycles. The Kier molecular flexibility index (Phi) is 3.51. The van der Waals surface area contributed by atoms with Gasteiger partial charge in [-0.25, -0.2) is 9.97 Å². The molecule has 2 aromatic rings. The minimum atomic E-state index is -0.267. The van der Waals surface area contributed by atoms with Gasteiger partial charge < -0.3 is 5.32 Å². The van der Waals surface area contributed by atoms with Crippen LogP contribution in [0.4, 0.5) is 5.82 Å². The quantitative estimate of drug-likeness (QED) is 0.834. The molecule has 3 rings (SSSR count). The van der Waals surface area contributed by atoms with Gasteiger partial charge in [-0.2, -0.15) is 0 Å². The molecular formula is C13H12N4O2S. The van der Waals surface area contributed by atoms with Crippen molar-refractivity contribution in [3.63, 3.8) is 0 Å². The Morgan fingerprint density at radius 2 is 2.20 bits per heavy atom. The highest BCUT2D eigenvalue weighted by Crippen LogP contribution is 2.25. The van der Waals surface area contributed by atoms with Crippen LogP contribution in [0.15, 0.2) is 46.6 Å². The predicted molar refractivity (Wildman–Crippen MR) is 75.6 cm³/mol. The average Bonchev–Trinajstić information content (AvgIpc) is 2.48. The molecule has 1 N–H and O–H groups in total. The Balaban J connectivity index is 1.75. The first kappa shape index (κ1) is 12.9. The molecule has 3 heterocycles. The lowest BCUT2D eigenvalue weighted by atomic mass is 10.1. The fourth-order valence-electron chi connectivity index (χ4n) is 1.97. The van der Waals surface area contributed by atoms with Crippen molar-refractivity contribution in [1.29, 1.82) is 0 Å². The smallest absolute Gasteiger partial charge is 0.254 e. The highest BCUT2D eigenvalue weighted by molar-refractivity contribution is 7.99. The van der Waals surface area contributed by atoms with Crippen LogP contribution in [-0.4, -0.2) is 26.2 Å². The zero-order valence-corrected chi connectivity index (χ0v) is 11.3. The van der Waals surface area contributed by atoms with E-state index in [0.29, 0.717) is 23.3 Å². The molecule has 6 nitrogen and oxygen atoms in total. The Hall–Kier alpha value is -2.15. The molecule has 1 aliphatic heterocycles. The van der Waals surface area contributed by atoms with E-state index in [4.69, 9.17) is 0 Å². The Labute approximate surface area is 119 Å². The molecule has 2 aromatic heterocycles. The van der Waals surface area contributed by atoms with E-state index in [-0.39, 0.29) is 17.4 Å². The standard InChI is InChI=1S/C13H12N4O2S/c18-11-4-6-15-13-17(11)7-9(8-20-13)12(19)16-10-3-1-2-5-14-10/h1-6,9H,7-8H2,(H,14,16,19). The molecule has 1 aliphatic rings. The van der Waals surface area contributed by atoms with Gasteiger partial charge in [0.1, 0.15) is 5.82 Å². The van der Waals surface area contributed by atoms with Crippen molar-refractivity contribution in [2.45, 2.75) is 11.7 Å². The third-order valence-electron chi connectivity index (χ3n) is 3.00. The van der Waals surface area contributed by atoms with Gasteiger partial charge in [0, 0.05) is 30.8 Å². The Morgan fingerprint density at radius 1 is 1.30 bits per heavy atom. The van der Waals surface area contributed by atoms with E-state index in [1.165, 1.54) is 28.6 Å². The molecule has 1 atom stereocenters. The molecule has 1 amide bonds. The van der Waals surface area contributed by atoms with Crippen LogP contribution >= 0.6 is 11.8 Å². The van der Waals surface area contributed by atoms with Gasteiger partial charge in [0.15, 0.2) is 5.16 Å². The minimum Gasteiger partial charge on any atom is -0.310 e. The molecule has 1 unspecified atom stereocenters. The maximum atomic E-state index is 12.2. The summed E-state index contributed by atoms with van der Waals surface area (Å²) in [5.41, 5.74) is -0.127. The van der Waals surface area contributed by atoms with Gasteiger partial charge in [-0.05, 0) is 12.1 Å². The van der Waals surface area contributed by atoms with Crippen LogP contribution < -0.4 is 10.9 Å².